The molecular formula is C17H26O4. The van der Waals surface area contributed by atoms with Gasteiger partial charge >= 0.3 is 5.97 Å². The van der Waals surface area contributed by atoms with Gasteiger partial charge in [0.05, 0.1) is 14.2 Å². The number of aliphatic carboxylic acids is 1. The van der Waals surface area contributed by atoms with Crippen molar-refractivity contribution >= 4 is 5.97 Å². The Labute approximate surface area is 127 Å². The molecule has 0 amide bonds. The van der Waals surface area contributed by atoms with Gasteiger partial charge in [0, 0.05) is 12.5 Å². The number of carboxylic acid groups (broad SMARTS) is 1. The van der Waals surface area contributed by atoms with Crippen molar-refractivity contribution in [1.82, 2.24) is 0 Å². The molecule has 1 aromatic rings. The van der Waals surface area contributed by atoms with Crippen molar-refractivity contribution in [1.29, 1.82) is 0 Å². The third-order valence-corrected chi connectivity index (χ3v) is 3.83. The van der Waals surface area contributed by atoms with Crippen molar-refractivity contribution in [2.75, 3.05) is 14.2 Å². The second-order valence-electron chi connectivity index (χ2n) is 5.94. The summed E-state index contributed by atoms with van der Waals surface area (Å²) in [5, 5.41) is 8.64. The normalized spacial score (nSPS) is 11.2. The zero-order chi connectivity index (χ0) is 15.9. The summed E-state index contributed by atoms with van der Waals surface area (Å²) in [4.78, 5) is 10.5. The number of carboxylic acids is 1. The van der Waals surface area contributed by atoms with Gasteiger partial charge in [0.1, 0.15) is 11.5 Å². The van der Waals surface area contributed by atoms with E-state index in [2.05, 4.69) is 13.8 Å². The molecule has 4 nitrogen and oxygen atoms in total. The first-order valence-electron chi connectivity index (χ1n) is 7.34. The zero-order valence-electron chi connectivity index (χ0n) is 13.4. The standard InChI is InChI=1S/C17H26O4/c1-17(2,9-7-5-6-8-16(18)19)13-10-14(20-3)12-15(11-13)21-4/h10-12H,5-9H2,1-4H3,(H,18,19). The number of methoxy groups -OCH3 is 2. The number of unbranched alkanes of at least 4 members (excludes halogenated alkanes) is 2. The van der Waals surface area contributed by atoms with Crippen LogP contribution in [0.25, 0.3) is 0 Å². The van der Waals surface area contributed by atoms with Gasteiger partial charge in [0.2, 0.25) is 0 Å². The maximum absolute atomic E-state index is 10.5. The van der Waals surface area contributed by atoms with E-state index in [1.807, 2.05) is 18.2 Å². The molecule has 0 aliphatic carbocycles. The molecule has 1 aromatic carbocycles. The molecule has 0 unspecified atom stereocenters. The summed E-state index contributed by atoms with van der Waals surface area (Å²) < 4.78 is 10.6. The molecule has 0 saturated carbocycles. The highest BCUT2D eigenvalue weighted by molar-refractivity contribution is 5.66. The van der Waals surface area contributed by atoms with Crippen molar-refractivity contribution in [2.24, 2.45) is 0 Å². The van der Waals surface area contributed by atoms with E-state index in [0.717, 1.165) is 37.2 Å². The van der Waals surface area contributed by atoms with Gasteiger partial charge in [-0.2, -0.15) is 0 Å². The van der Waals surface area contributed by atoms with Crippen molar-refractivity contribution in [3.63, 3.8) is 0 Å². The van der Waals surface area contributed by atoms with E-state index in [1.165, 1.54) is 5.56 Å². The number of hydrogen-bond donors (Lipinski definition) is 1. The van der Waals surface area contributed by atoms with Crippen LogP contribution in [0.5, 0.6) is 11.5 Å². The summed E-state index contributed by atoms with van der Waals surface area (Å²) in [6.07, 6.45) is 3.96. The van der Waals surface area contributed by atoms with Crippen LogP contribution < -0.4 is 9.47 Å². The van der Waals surface area contributed by atoms with Gasteiger partial charge in [-0.3, -0.25) is 4.79 Å². The summed E-state index contributed by atoms with van der Waals surface area (Å²) in [7, 11) is 3.30. The zero-order valence-corrected chi connectivity index (χ0v) is 13.4. The van der Waals surface area contributed by atoms with Crippen molar-refractivity contribution in [3.05, 3.63) is 23.8 Å². The summed E-state index contributed by atoms with van der Waals surface area (Å²) in [6, 6.07) is 5.95. The SMILES string of the molecule is COc1cc(OC)cc(C(C)(C)CCCCCC(=O)O)c1. The van der Waals surface area contributed by atoms with Crippen LogP contribution in [-0.2, 0) is 10.2 Å². The smallest absolute Gasteiger partial charge is 0.303 e. The van der Waals surface area contributed by atoms with Crippen LogP contribution in [0.3, 0.4) is 0 Å². The molecule has 0 atom stereocenters. The van der Waals surface area contributed by atoms with E-state index in [9.17, 15) is 4.79 Å². The Kier molecular flexibility index (Phi) is 6.53. The van der Waals surface area contributed by atoms with Gasteiger partial charge < -0.3 is 14.6 Å². The van der Waals surface area contributed by atoms with Crippen LogP contribution in [0.2, 0.25) is 0 Å². The second-order valence-corrected chi connectivity index (χ2v) is 5.94. The Morgan fingerprint density at radius 1 is 1.05 bits per heavy atom. The third kappa shape index (κ3) is 5.66. The molecule has 118 valence electrons. The van der Waals surface area contributed by atoms with Crippen LogP contribution in [0.15, 0.2) is 18.2 Å². The quantitative estimate of drug-likeness (QED) is 0.699. The fraction of sp³-hybridized carbons (Fsp3) is 0.588. The number of carbonyl (C=O) groups is 1. The first kappa shape index (κ1) is 17.3. The van der Waals surface area contributed by atoms with E-state index in [1.54, 1.807) is 14.2 Å². The first-order valence-corrected chi connectivity index (χ1v) is 7.34. The molecule has 0 fully saturated rings. The van der Waals surface area contributed by atoms with Crippen LogP contribution in [-0.4, -0.2) is 25.3 Å². The molecule has 1 rings (SSSR count). The van der Waals surface area contributed by atoms with Crippen LogP contribution in [0, 0.1) is 0 Å². The molecule has 0 aliphatic rings. The molecule has 0 radical (unpaired) electrons. The van der Waals surface area contributed by atoms with E-state index < -0.39 is 5.97 Å². The predicted molar refractivity (Wildman–Crippen MR) is 83.3 cm³/mol. The summed E-state index contributed by atoms with van der Waals surface area (Å²) in [5.74, 6) is 0.874. The Morgan fingerprint density at radius 3 is 2.10 bits per heavy atom. The topological polar surface area (TPSA) is 55.8 Å². The molecular weight excluding hydrogens is 268 g/mol. The fourth-order valence-electron chi connectivity index (χ4n) is 2.36. The van der Waals surface area contributed by atoms with E-state index in [-0.39, 0.29) is 11.8 Å². The third-order valence-electron chi connectivity index (χ3n) is 3.83. The molecule has 0 spiro atoms. The Hall–Kier alpha value is -1.71. The van der Waals surface area contributed by atoms with Gasteiger partial charge in [-0.1, -0.05) is 26.7 Å². The van der Waals surface area contributed by atoms with Gasteiger partial charge in [0.15, 0.2) is 0 Å². The Bertz CT molecular complexity index is 444. The highest BCUT2D eigenvalue weighted by atomic mass is 16.5. The maximum atomic E-state index is 10.5. The molecule has 1 N–H and O–H groups in total. The van der Waals surface area contributed by atoms with E-state index in [0.29, 0.717) is 0 Å². The van der Waals surface area contributed by atoms with Crippen LogP contribution in [0.4, 0.5) is 0 Å². The van der Waals surface area contributed by atoms with Crippen molar-refractivity contribution in [2.45, 2.75) is 51.4 Å². The molecule has 0 bridgehead atoms. The van der Waals surface area contributed by atoms with Gasteiger partial charge in [0.25, 0.3) is 0 Å². The van der Waals surface area contributed by atoms with E-state index >= 15 is 0 Å². The number of hydrogen-bond acceptors (Lipinski definition) is 3. The summed E-state index contributed by atoms with van der Waals surface area (Å²) >= 11 is 0. The number of ether oxygens (including phenoxy) is 2. The minimum Gasteiger partial charge on any atom is -0.497 e. The lowest BCUT2D eigenvalue weighted by Crippen LogP contribution is -2.17. The van der Waals surface area contributed by atoms with Gasteiger partial charge in [-0.05, 0) is 36.0 Å². The number of benzene rings is 1. The molecule has 21 heavy (non-hydrogen) atoms. The minimum absolute atomic E-state index is 0.00500. The highest BCUT2D eigenvalue weighted by Gasteiger charge is 2.21. The highest BCUT2D eigenvalue weighted by Crippen LogP contribution is 2.34. The summed E-state index contributed by atoms with van der Waals surface area (Å²) in [5.41, 5.74) is 1.18. The first-order chi connectivity index (χ1) is 9.89. The average Bonchev–Trinajstić information content (AvgIpc) is 2.45. The van der Waals surface area contributed by atoms with Gasteiger partial charge in [-0.15, -0.1) is 0 Å². The summed E-state index contributed by atoms with van der Waals surface area (Å²) in [6.45, 7) is 4.39. The molecule has 0 heterocycles. The van der Waals surface area contributed by atoms with Crippen molar-refractivity contribution < 1.29 is 19.4 Å². The van der Waals surface area contributed by atoms with Crippen LogP contribution in [0.1, 0.15) is 51.5 Å². The lowest BCUT2D eigenvalue weighted by molar-refractivity contribution is -0.137. The minimum atomic E-state index is -0.716. The largest absolute Gasteiger partial charge is 0.497 e. The maximum Gasteiger partial charge on any atom is 0.303 e. The average molecular weight is 294 g/mol. The lowest BCUT2D eigenvalue weighted by Gasteiger charge is -2.26. The molecule has 4 heteroatoms. The fourth-order valence-corrected chi connectivity index (χ4v) is 2.36. The predicted octanol–water partition coefficient (Wildman–Crippen LogP) is 4.02. The van der Waals surface area contributed by atoms with Crippen LogP contribution >= 0.6 is 0 Å². The monoisotopic (exact) mass is 294 g/mol. The molecule has 0 aliphatic heterocycles. The Balaban J connectivity index is 2.66. The number of rotatable bonds is 9. The van der Waals surface area contributed by atoms with E-state index in [4.69, 9.17) is 14.6 Å². The molecule has 0 aromatic heterocycles. The van der Waals surface area contributed by atoms with Crippen molar-refractivity contribution in [3.8, 4) is 11.5 Å². The lowest BCUT2D eigenvalue weighted by atomic mass is 9.80. The molecule has 0 saturated heterocycles. The Morgan fingerprint density at radius 2 is 1.62 bits per heavy atom. The second kappa shape index (κ2) is 7.91. The van der Waals surface area contributed by atoms with Gasteiger partial charge in [-0.25, -0.2) is 0 Å².